The van der Waals surface area contributed by atoms with Crippen molar-refractivity contribution in [3.8, 4) is 0 Å². The summed E-state index contributed by atoms with van der Waals surface area (Å²) in [6, 6.07) is 4.52. The third-order valence-corrected chi connectivity index (χ3v) is 2.81. The van der Waals surface area contributed by atoms with Crippen LogP contribution in [0, 0.1) is 0 Å². The molecule has 0 saturated heterocycles. The SMILES string of the molecule is O=Cc1ccc(C(O)C(O)CCCl)cc1Cl. The molecule has 16 heavy (non-hydrogen) atoms. The van der Waals surface area contributed by atoms with Gasteiger partial charge in [-0.3, -0.25) is 4.79 Å². The number of hydrogen-bond donors (Lipinski definition) is 2. The van der Waals surface area contributed by atoms with Crippen LogP contribution in [-0.2, 0) is 0 Å². The number of carbonyl (C=O) groups is 1. The fourth-order valence-electron chi connectivity index (χ4n) is 1.31. The van der Waals surface area contributed by atoms with Crippen LogP contribution in [0.4, 0.5) is 0 Å². The molecule has 0 aromatic heterocycles. The minimum atomic E-state index is -1.04. The van der Waals surface area contributed by atoms with Crippen molar-refractivity contribution in [3.63, 3.8) is 0 Å². The number of rotatable bonds is 5. The molecular formula is C11H12Cl2O3. The quantitative estimate of drug-likeness (QED) is 0.632. The van der Waals surface area contributed by atoms with Crippen molar-refractivity contribution in [1.29, 1.82) is 0 Å². The molecule has 0 heterocycles. The second-order valence-electron chi connectivity index (χ2n) is 3.39. The maximum atomic E-state index is 10.5. The van der Waals surface area contributed by atoms with E-state index in [-0.39, 0.29) is 17.3 Å². The molecule has 1 aromatic rings. The zero-order valence-corrected chi connectivity index (χ0v) is 9.95. The van der Waals surface area contributed by atoms with Crippen molar-refractivity contribution in [3.05, 3.63) is 34.3 Å². The van der Waals surface area contributed by atoms with Gasteiger partial charge in [0.1, 0.15) is 6.10 Å². The molecule has 0 amide bonds. The van der Waals surface area contributed by atoms with Crippen LogP contribution >= 0.6 is 23.2 Å². The lowest BCUT2D eigenvalue weighted by atomic mass is 10.0. The van der Waals surface area contributed by atoms with Crippen LogP contribution in [-0.4, -0.2) is 28.5 Å². The second kappa shape index (κ2) is 6.21. The summed E-state index contributed by atoms with van der Waals surface area (Å²) in [5.41, 5.74) is 0.817. The Morgan fingerprint density at radius 2 is 2.06 bits per heavy atom. The maximum Gasteiger partial charge on any atom is 0.151 e. The molecular weight excluding hydrogens is 251 g/mol. The largest absolute Gasteiger partial charge is 0.390 e. The maximum absolute atomic E-state index is 10.5. The van der Waals surface area contributed by atoms with Gasteiger partial charge in [0.25, 0.3) is 0 Å². The highest BCUT2D eigenvalue weighted by atomic mass is 35.5. The summed E-state index contributed by atoms with van der Waals surface area (Å²) >= 11 is 11.3. The van der Waals surface area contributed by atoms with Crippen LogP contribution in [0.5, 0.6) is 0 Å². The first-order valence-corrected chi connectivity index (χ1v) is 5.68. The van der Waals surface area contributed by atoms with Gasteiger partial charge in [-0.15, -0.1) is 11.6 Å². The molecule has 2 unspecified atom stereocenters. The number of alkyl halides is 1. The molecule has 0 aliphatic rings. The fraction of sp³-hybridized carbons (Fsp3) is 0.364. The minimum Gasteiger partial charge on any atom is -0.390 e. The van der Waals surface area contributed by atoms with E-state index in [0.717, 1.165) is 0 Å². The van der Waals surface area contributed by atoms with Crippen LogP contribution < -0.4 is 0 Å². The number of aliphatic hydroxyl groups is 2. The molecule has 0 fully saturated rings. The van der Waals surface area contributed by atoms with Crippen LogP contribution in [0.1, 0.15) is 28.4 Å². The van der Waals surface area contributed by atoms with Gasteiger partial charge in [0.15, 0.2) is 6.29 Å². The molecule has 0 saturated carbocycles. The number of benzene rings is 1. The van der Waals surface area contributed by atoms with E-state index in [4.69, 9.17) is 23.2 Å². The summed E-state index contributed by atoms with van der Waals surface area (Å²) in [5.74, 6) is 0.262. The smallest absolute Gasteiger partial charge is 0.151 e. The van der Waals surface area contributed by atoms with Crippen molar-refractivity contribution < 1.29 is 15.0 Å². The number of halogens is 2. The molecule has 0 aliphatic heterocycles. The first-order valence-electron chi connectivity index (χ1n) is 4.77. The Bertz CT molecular complexity index is 368. The lowest BCUT2D eigenvalue weighted by Crippen LogP contribution is -2.18. The van der Waals surface area contributed by atoms with Crippen molar-refractivity contribution in [2.24, 2.45) is 0 Å². The fourth-order valence-corrected chi connectivity index (χ4v) is 1.77. The summed E-state index contributed by atoms with van der Waals surface area (Å²) < 4.78 is 0. The Hall–Kier alpha value is -0.610. The molecule has 0 bridgehead atoms. The van der Waals surface area contributed by atoms with Gasteiger partial charge in [-0.1, -0.05) is 17.7 Å². The van der Waals surface area contributed by atoms with Crippen LogP contribution in [0.25, 0.3) is 0 Å². The van der Waals surface area contributed by atoms with Gasteiger partial charge in [-0.05, 0) is 24.1 Å². The van der Waals surface area contributed by atoms with Gasteiger partial charge < -0.3 is 10.2 Å². The van der Waals surface area contributed by atoms with Gasteiger partial charge in [0, 0.05) is 11.4 Å². The minimum absolute atomic E-state index is 0.254. The van der Waals surface area contributed by atoms with E-state index in [2.05, 4.69) is 0 Å². The highest BCUT2D eigenvalue weighted by Crippen LogP contribution is 2.24. The molecule has 3 nitrogen and oxygen atoms in total. The summed E-state index contributed by atoms with van der Waals surface area (Å²) in [6.07, 6.45) is -1.06. The first kappa shape index (κ1) is 13.5. The predicted octanol–water partition coefficient (Wildman–Crippen LogP) is 2.18. The topological polar surface area (TPSA) is 57.5 Å². The third-order valence-electron chi connectivity index (χ3n) is 2.26. The second-order valence-corrected chi connectivity index (χ2v) is 4.17. The highest BCUT2D eigenvalue weighted by molar-refractivity contribution is 6.33. The van der Waals surface area contributed by atoms with Crippen molar-refractivity contribution in [2.75, 3.05) is 5.88 Å². The summed E-state index contributed by atoms with van der Waals surface area (Å²) in [6.45, 7) is 0. The summed E-state index contributed by atoms with van der Waals surface area (Å²) in [5, 5.41) is 19.5. The van der Waals surface area contributed by atoms with Crippen LogP contribution in [0.2, 0.25) is 5.02 Å². The average molecular weight is 263 g/mol. The number of aliphatic hydroxyl groups excluding tert-OH is 2. The normalized spacial score (nSPS) is 14.5. The van der Waals surface area contributed by atoms with Crippen LogP contribution in [0.3, 0.4) is 0 Å². The zero-order valence-electron chi connectivity index (χ0n) is 8.44. The Morgan fingerprint density at radius 3 is 2.56 bits per heavy atom. The molecule has 0 spiro atoms. The number of aldehydes is 1. The molecule has 1 rings (SSSR count). The van der Waals surface area contributed by atoms with E-state index in [1.807, 2.05) is 0 Å². The Kier molecular flexibility index (Phi) is 5.22. The zero-order chi connectivity index (χ0) is 12.1. The molecule has 5 heteroatoms. The Balaban J connectivity index is 2.88. The number of hydrogen-bond acceptors (Lipinski definition) is 3. The van der Waals surface area contributed by atoms with Gasteiger partial charge >= 0.3 is 0 Å². The Labute approximate surface area is 104 Å². The summed E-state index contributed by atoms with van der Waals surface area (Å²) in [4.78, 5) is 10.5. The lowest BCUT2D eigenvalue weighted by molar-refractivity contribution is 0.0170. The van der Waals surface area contributed by atoms with Crippen molar-refractivity contribution in [2.45, 2.75) is 18.6 Å². The van der Waals surface area contributed by atoms with E-state index >= 15 is 0 Å². The van der Waals surface area contributed by atoms with Gasteiger partial charge in [0.2, 0.25) is 0 Å². The lowest BCUT2D eigenvalue weighted by Gasteiger charge is -2.17. The summed E-state index contributed by atoms with van der Waals surface area (Å²) in [7, 11) is 0. The predicted molar refractivity (Wildman–Crippen MR) is 63.1 cm³/mol. The van der Waals surface area contributed by atoms with Crippen molar-refractivity contribution >= 4 is 29.5 Å². The molecule has 0 radical (unpaired) electrons. The Morgan fingerprint density at radius 1 is 1.38 bits per heavy atom. The van der Waals surface area contributed by atoms with Gasteiger partial charge in [0.05, 0.1) is 11.1 Å². The standard InChI is InChI=1S/C11H12Cl2O3/c12-4-3-10(15)11(16)7-1-2-8(6-14)9(13)5-7/h1-2,5-6,10-11,15-16H,3-4H2. The van der Waals surface area contributed by atoms with Crippen molar-refractivity contribution in [1.82, 2.24) is 0 Å². The van der Waals surface area contributed by atoms with Gasteiger partial charge in [-0.25, -0.2) is 0 Å². The molecule has 2 N–H and O–H groups in total. The highest BCUT2D eigenvalue weighted by Gasteiger charge is 2.18. The molecule has 88 valence electrons. The first-order chi connectivity index (χ1) is 7.60. The van der Waals surface area contributed by atoms with E-state index in [1.54, 1.807) is 6.07 Å². The monoisotopic (exact) mass is 262 g/mol. The van der Waals surface area contributed by atoms with Gasteiger partial charge in [-0.2, -0.15) is 0 Å². The van der Waals surface area contributed by atoms with Crippen LogP contribution in [0.15, 0.2) is 18.2 Å². The average Bonchev–Trinajstić information content (AvgIpc) is 2.28. The molecule has 2 atom stereocenters. The molecule has 1 aromatic carbocycles. The van der Waals surface area contributed by atoms with E-state index in [1.165, 1.54) is 12.1 Å². The van der Waals surface area contributed by atoms with E-state index in [0.29, 0.717) is 17.4 Å². The van der Waals surface area contributed by atoms with E-state index in [9.17, 15) is 15.0 Å². The molecule has 0 aliphatic carbocycles. The third kappa shape index (κ3) is 3.19. The number of carbonyl (C=O) groups excluding carboxylic acids is 1. The van der Waals surface area contributed by atoms with E-state index < -0.39 is 12.2 Å².